The summed E-state index contributed by atoms with van der Waals surface area (Å²) in [6.45, 7) is 5.76. The Morgan fingerprint density at radius 1 is 1.20 bits per heavy atom. The summed E-state index contributed by atoms with van der Waals surface area (Å²) in [6, 6.07) is 5.90. The van der Waals surface area contributed by atoms with Crippen LogP contribution in [0.25, 0.3) is 10.9 Å². The molecule has 1 saturated heterocycles. The molecule has 0 amide bonds. The van der Waals surface area contributed by atoms with Crippen LogP contribution in [0, 0.1) is 6.92 Å². The summed E-state index contributed by atoms with van der Waals surface area (Å²) in [5.74, 6) is 2.33. The van der Waals surface area contributed by atoms with E-state index in [2.05, 4.69) is 23.2 Å². The number of benzene rings is 1. The van der Waals surface area contributed by atoms with Gasteiger partial charge in [0.05, 0.1) is 20.3 Å². The van der Waals surface area contributed by atoms with Crippen molar-refractivity contribution >= 4 is 16.7 Å². The monoisotopic (exact) mass is 345 g/mol. The molecule has 1 aliphatic rings. The maximum Gasteiger partial charge on any atom is 0.148 e. The average Bonchev–Trinajstić information content (AvgIpc) is 2.63. The topological polar surface area (TPSA) is 66.9 Å². The summed E-state index contributed by atoms with van der Waals surface area (Å²) >= 11 is 0. The quantitative estimate of drug-likeness (QED) is 0.838. The Labute approximate surface area is 148 Å². The summed E-state index contributed by atoms with van der Waals surface area (Å²) in [5, 5.41) is 14.0. The lowest BCUT2D eigenvalue weighted by Gasteiger charge is -2.29. The summed E-state index contributed by atoms with van der Waals surface area (Å²) in [7, 11) is 3.30. The molecule has 0 spiro atoms. The maximum atomic E-state index is 9.58. The van der Waals surface area contributed by atoms with Crippen molar-refractivity contribution in [2.75, 3.05) is 45.7 Å². The smallest absolute Gasteiger partial charge is 0.148 e. The highest BCUT2D eigenvalue weighted by atomic mass is 16.5. The zero-order chi connectivity index (χ0) is 17.8. The molecule has 0 unspecified atom stereocenters. The first-order valence-electron chi connectivity index (χ1n) is 8.78. The number of methoxy groups -OCH3 is 2. The zero-order valence-electron chi connectivity index (χ0n) is 15.2. The van der Waals surface area contributed by atoms with Crippen molar-refractivity contribution < 1.29 is 14.6 Å². The summed E-state index contributed by atoms with van der Waals surface area (Å²) in [4.78, 5) is 7.10. The number of aliphatic hydroxyl groups excluding tert-OH is 1. The van der Waals surface area contributed by atoms with Crippen LogP contribution in [0.5, 0.6) is 11.5 Å². The largest absolute Gasteiger partial charge is 0.497 e. The molecule has 0 saturated carbocycles. The molecule has 136 valence electrons. The van der Waals surface area contributed by atoms with Gasteiger partial charge in [-0.15, -0.1) is 0 Å². The van der Waals surface area contributed by atoms with Crippen molar-refractivity contribution in [3.8, 4) is 11.5 Å². The lowest BCUT2D eigenvalue weighted by Crippen LogP contribution is -2.38. The van der Waals surface area contributed by atoms with Gasteiger partial charge in [-0.2, -0.15) is 0 Å². The third-order valence-corrected chi connectivity index (χ3v) is 4.81. The van der Waals surface area contributed by atoms with Gasteiger partial charge in [-0.1, -0.05) is 0 Å². The fourth-order valence-electron chi connectivity index (χ4n) is 3.28. The predicted octanol–water partition coefficient (Wildman–Crippen LogP) is 2.43. The van der Waals surface area contributed by atoms with Crippen molar-refractivity contribution in [2.24, 2.45) is 0 Å². The van der Waals surface area contributed by atoms with Crippen molar-refractivity contribution in [1.82, 2.24) is 9.88 Å². The molecule has 0 radical (unpaired) electrons. The lowest BCUT2D eigenvalue weighted by molar-refractivity contribution is 0.0845. The molecule has 1 aliphatic heterocycles. The van der Waals surface area contributed by atoms with Crippen LogP contribution in [0.2, 0.25) is 0 Å². The van der Waals surface area contributed by atoms with E-state index in [1.54, 1.807) is 14.2 Å². The first-order chi connectivity index (χ1) is 12.1. The highest BCUT2D eigenvalue weighted by molar-refractivity contribution is 5.90. The molecule has 1 aromatic carbocycles. The van der Waals surface area contributed by atoms with Gasteiger partial charge in [0, 0.05) is 37.6 Å². The van der Waals surface area contributed by atoms with E-state index < -0.39 is 0 Å². The number of aromatic nitrogens is 1. The van der Waals surface area contributed by atoms with E-state index in [9.17, 15) is 5.11 Å². The summed E-state index contributed by atoms with van der Waals surface area (Å²) in [5.41, 5.74) is 1.97. The number of fused-ring (bicyclic) bond motifs is 1. The van der Waals surface area contributed by atoms with Crippen LogP contribution >= 0.6 is 0 Å². The van der Waals surface area contributed by atoms with Crippen molar-refractivity contribution in [2.45, 2.75) is 25.9 Å². The number of aryl methyl sites for hydroxylation is 1. The highest BCUT2D eigenvalue weighted by Crippen LogP contribution is 2.32. The van der Waals surface area contributed by atoms with E-state index in [0.717, 1.165) is 67.1 Å². The van der Waals surface area contributed by atoms with Crippen LogP contribution < -0.4 is 14.8 Å². The molecule has 0 aliphatic carbocycles. The second-order valence-electron chi connectivity index (χ2n) is 6.55. The second-order valence-corrected chi connectivity index (χ2v) is 6.55. The van der Waals surface area contributed by atoms with Crippen molar-refractivity contribution in [3.63, 3.8) is 0 Å². The van der Waals surface area contributed by atoms with E-state index >= 15 is 0 Å². The predicted molar refractivity (Wildman–Crippen MR) is 99.8 cm³/mol. The third kappa shape index (κ3) is 4.14. The Bertz CT molecular complexity index is 727. The van der Waals surface area contributed by atoms with E-state index in [1.165, 1.54) is 0 Å². The minimum Gasteiger partial charge on any atom is -0.497 e. The molecule has 1 aromatic heterocycles. The highest BCUT2D eigenvalue weighted by Gasteiger charge is 2.16. The molecule has 6 nitrogen and oxygen atoms in total. The first-order valence-corrected chi connectivity index (χ1v) is 8.78. The second kappa shape index (κ2) is 7.89. The van der Waals surface area contributed by atoms with Gasteiger partial charge < -0.3 is 24.8 Å². The van der Waals surface area contributed by atoms with Crippen LogP contribution in [0.3, 0.4) is 0 Å². The number of ether oxygens (including phenoxy) is 2. The summed E-state index contributed by atoms with van der Waals surface area (Å²) in [6.07, 6.45) is 1.61. The van der Waals surface area contributed by atoms with E-state index in [4.69, 9.17) is 14.5 Å². The van der Waals surface area contributed by atoms with Gasteiger partial charge in [0.2, 0.25) is 0 Å². The Kier molecular flexibility index (Phi) is 5.60. The number of piperidine rings is 1. The molecule has 6 heteroatoms. The lowest BCUT2D eigenvalue weighted by atomic mass is 10.1. The van der Waals surface area contributed by atoms with Gasteiger partial charge in [-0.3, -0.25) is 0 Å². The van der Waals surface area contributed by atoms with Crippen LogP contribution in [0.15, 0.2) is 18.2 Å². The number of pyridine rings is 1. The van der Waals surface area contributed by atoms with E-state index in [-0.39, 0.29) is 6.10 Å². The fraction of sp³-hybridized carbons (Fsp3) is 0.526. The van der Waals surface area contributed by atoms with Gasteiger partial charge >= 0.3 is 0 Å². The van der Waals surface area contributed by atoms with Crippen LogP contribution in [0.1, 0.15) is 18.4 Å². The number of hydrogen-bond acceptors (Lipinski definition) is 6. The van der Waals surface area contributed by atoms with Crippen molar-refractivity contribution in [1.29, 1.82) is 0 Å². The Balaban J connectivity index is 1.72. The van der Waals surface area contributed by atoms with Crippen LogP contribution in [-0.2, 0) is 0 Å². The third-order valence-electron chi connectivity index (χ3n) is 4.81. The van der Waals surface area contributed by atoms with Gasteiger partial charge in [0.1, 0.15) is 22.8 Å². The van der Waals surface area contributed by atoms with Gasteiger partial charge in [0.15, 0.2) is 0 Å². The molecule has 25 heavy (non-hydrogen) atoms. The van der Waals surface area contributed by atoms with E-state index in [1.807, 2.05) is 12.1 Å². The number of likely N-dealkylation sites (tertiary alicyclic amines) is 1. The minimum atomic E-state index is -0.126. The molecular weight excluding hydrogens is 318 g/mol. The number of anilines is 1. The molecule has 0 bridgehead atoms. The molecule has 2 heterocycles. The fourth-order valence-corrected chi connectivity index (χ4v) is 3.28. The van der Waals surface area contributed by atoms with Crippen LogP contribution in [-0.4, -0.2) is 61.5 Å². The van der Waals surface area contributed by atoms with Crippen LogP contribution in [0.4, 0.5) is 5.82 Å². The first kappa shape index (κ1) is 17.8. The molecule has 1 fully saturated rings. The Morgan fingerprint density at radius 2 is 1.96 bits per heavy atom. The average molecular weight is 345 g/mol. The standard InChI is InChI=1S/C19H27N3O3/c1-13-10-18(20-6-9-22-7-4-14(23)5-8-22)21-19-16(13)11-15(24-2)12-17(19)25-3/h10-12,14,23H,4-9H2,1-3H3,(H,20,21). The van der Waals surface area contributed by atoms with Gasteiger partial charge in [0.25, 0.3) is 0 Å². The number of rotatable bonds is 6. The van der Waals surface area contributed by atoms with E-state index in [0.29, 0.717) is 5.75 Å². The molecule has 2 N–H and O–H groups in total. The number of aliphatic hydroxyl groups is 1. The SMILES string of the molecule is COc1cc(OC)c2nc(NCCN3CCC(O)CC3)cc(C)c2c1. The summed E-state index contributed by atoms with van der Waals surface area (Å²) < 4.78 is 10.8. The molecule has 0 atom stereocenters. The number of hydrogen-bond donors (Lipinski definition) is 2. The normalized spacial score (nSPS) is 16.2. The zero-order valence-corrected chi connectivity index (χ0v) is 15.2. The molecular formula is C19H27N3O3. The van der Waals surface area contributed by atoms with Gasteiger partial charge in [-0.25, -0.2) is 4.98 Å². The Morgan fingerprint density at radius 3 is 2.64 bits per heavy atom. The number of nitrogens with one attached hydrogen (secondary N) is 1. The van der Waals surface area contributed by atoms with Gasteiger partial charge in [-0.05, 0) is 37.5 Å². The number of nitrogens with zero attached hydrogens (tertiary/aromatic N) is 2. The Hall–Kier alpha value is -2.05. The minimum absolute atomic E-state index is 0.126. The van der Waals surface area contributed by atoms with Crippen molar-refractivity contribution in [3.05, 3.63) is 23.8 Å². The maximum absolute atomic E-state index is 9.58. The molecule has 2 aromatic rings. The molecule has 3 rings (SSSR count).